The van der Waals surface area contributed by atoms with Crippen molar-refractivity contribution in [2.24, 2.45) is 5.73 Å². The number of nitrogens with two attached hydrogens (primary N) is 1. The van der Waals surface area contributed by atoms with Gasteiger partial charge < -0.3 is 25.3 Å². The Balaban J connectivity index is 0.000000581. The highest BCUT2D eigenvalue weighted by Gasteiger charge is 2.39. The molecule has 2 aromatic rings. The van der Waals surface area contributed by atoms with Gasteiger partial charge in [-0.25, -0.2) is 9.59 Å². The van der Waals surface area contributed by atoms with Crippen LogP contribution in [-0.2, 0) is 33.9 Å². The largest absolute Gasteiger partial charge is 0.466 e. The summed E-state index contributed by atoms with van der Waals surface area (Å²) in [5.41, 5.74) is 7.70. The molecule has 0 spiro atoms. The van der Waals surface area contributed by atoms with Crippen molar-refractivity contribution in [3.8, 4) is 0 Å². The lowest BCUT2D eigenvalue weighted by Gasteiger charge is -2.31. The second kappa shape index (κ2) is 16.2. The van der Waals surface area contributed by atoms with Crippen LogP contribution in [0.15, 0.2) is 82.0 Å². The first-order chi connectivity index (χ1) is 18.1. The number of hydrogen-bond acceptors (Lipinski definition) is 9. The predicted octanol–water partition coefficient (Wildman–Crippen LogP) is 3.62. The zero-order chi connectivity index (χ0) is 28.3. The number of esters is 2. The van der Waals surface area contributed by atoms with E-state index in [-0.39, 0.29) is 36.1 Å². The van der Waals surface area contributed by atoms with Crippen LogP contribution in [0.2, 0.25) is 5.02 Å². The van der Waals surface area contributed by atoms with Crippen molar-refractivity contribution in [3.05, 3.63) is 87.7 Å². The minimum Gasteiger partial charge on any atom is -0.466 e. The van der Waals surface area contributed by atoms with Gasteiger partial charge in [-0.05, 0) is 37.6 Å². The average molecular weight is 604 g/mol. The Morgan fingerprint density at radius 3 is 2.18 bits per heavy atom. The van der Waals surface area contributed by atoms with Gasteiger partial charge in [-0.3, -0.25) is 4.55 Å². The van der Waals surface area contributed by atoms with Crippen LogP contribution in [0.5, 0.6) is 0 Å². The molecule has 10 nitrogen and oxygen atoms in total. The number of benzene rings is 2. The van der Waals surface area contributed by atoms with Gasteiger partial charge in [-0.2, -0.15) is 8.42 Å². The number of carbonyl (C=O) groups excluding carboxylic acids is 2. The van der Waals surface area contributed by atoms with E-state index in [2.05, 4.69) is 5.32 Å². The molecule has 0 saturated carbocycles. The van der Waals surface area contributed by atoms with E-state index in [9.17, 15) is 18.0 Å². The maximum atomic E-state index is 12.9. The van der Waals surface area contributed by atoms with Crippen LogP contribution in [0.3, 0.4) is 0 Å². The van der Waals surface area contributed by atoms with Crippen LogP contribution in [0.4, 0.5) is 0 Å². The molecule has 1 heterocycles. The van der Waals surface area contributed by atoms with Crippen molar-refractivity contribution in [3.63, 3.8) is 0 Å². The SMILES string of the molecule is CCOC(=O)C1=C(COCCN)NC(C)=C(C(=O)OC)C1c1ccccc1Cl.Cl.O=S(=O)(O)c1ccccc1. The van der Waals surface area contributed by atoms with Crippen molar-refractivity contribution >= 4 is 46.1 Å². The van der Waals surface area contributed by atoms with Gasteiger partial charge in [0, 0.05) is 17.3 Å². The summed E-state index contributed by atoms with van der Waals surface area (Å²) < 4.78 is 45.0. The summed E-state index contributed by atoms with van der Waals surface area (Å²) in [6.45, 7) is 4.42. The maximum absolute atomic E-state index is 12.9. The molecule has 0 aliphatic carbocycles. The van der Waals surface area contributed by atoms with E-state index < -0.39 is 28.0 Å². The van der Waals surface area contributed by atoms with E-state index in [1.165, 1.54) is 19.2 Å². The molecule has 0 amide bonds. The lowest BCUT2D eigenvalue weighted by atomic mass is 9.80. The van der Waals surface area contributed by atoms with Crippen molar-refractivity contribution < 1.29 is 36.8 Å². The molecule has 13 heteroatoms. The number of halogens is 2. The van der Waals surface area contributed by atoms with Crippen LogP contribution in [0.25, 0.3) is 0 Å². The second-order valence-corrected chi connectivity index (χ2v) is 9.68. The van der Waals surface area contributed by atoms with E-state index in [1.54, 1.807) is 56.3 Å². The number of methoxy groups -OCH3 is 1. The molecule has 39 heavy (non-hydrogen) atoms. The zero-order valence-electron chi connectivity index (χ0n) is 21.7. The molecule has 214 valence electrons. The lowest BCUT2D eigenvalue weighted by Crippen LogP contribution is -2.35. The molecule has 0 fully saturated rings. The molecule has 1 aliphatic rings. The number of dihydropyridines is 1. The van der Waals surface area contributed by atoms with Crippen LogP contribution in [-0.4, -0.2) is 58.4 Å². The number of rotatable bonds is 9. The van der Waals surface area contributed by atoms with E-state index in [0.29, 0.717) is 40.7 Å². The molecule has 0 radical (unpaired) electrons. The highest BCUT2D eigenvalue weighted by molar-refractivity contribution is 7.85. The number of carbonyl (C=O) groups is 2. The Bertz CT molecular complexity index is 1300. The standard InChI is InChI=1S/C20H25ClN2O5.C6H6O3S.ClH/c1-4-28-20(25)18-15(11-27-10-9-22)23-12(2)16(19(24)26-3)17(18)13-7-5-6-8-14(13)21;7-10(8,9)6-4-2-1-3-5-6;/h5-8,17,23H,4,9-11,22H2,1-3H3;1-5H,(H,7,8,9);1H. The third-order valence-corrected chi connectivity index (χ3v) is 6.52. The summed E-state index contributed by atoms with van der Waals surface area (Å²) >= 11 is 6.42. The minimum atomic E-state index is -4.00. The highest BCUT2D eigenvalue weighted by atomic mass is 35.5. The summed E-state index contributed by atoms with van der Waals surface area (Å²) in [5.74, 6) is -1.86. The molecule has 1 aliphatic heterocycles. The Morgan fingerprint density at radius 1 is 1.05 bits per heavy atom. The second-order valence-electron chi connectivity index (χ2n) is 7.85. The number of allylic oxidation sites excluding steroid dienone is 1. The van der Waals surface area contributed by atoms with Crippen LogP contribution in [0, 0.1) is 0 Å². The van der Waals surface area contributed by atoms with E-state index in [1.807, 2.05) is 0 Å². The first-order valence-electron chi connectivity index (χ1n) is 11.6. The zero-order valence-corrected chi connectivity index (χ0v) is 24.1. The molecule has 1 unspecified atom stereocenters. The van der Waals surface area contributed by atoms with E-state index in [0.717, 1.165) is 0 Å². The monoisotopic (exact) mass is 602 g/mol. The summed E-state index contributed by atoms with van der Waals surface area (Å²) in [4.78, 5) is 25.4. The first-order valence-corrected chi connectivity index (χ1v) is 13.4. The van der Waals surface area contributed by atoms with E-state index in [4.69, 9.17) is 36.1 Å². The van der Waals surface area contributed by atoms with E-state index >= 15 is 0 Å². The van der Waals surface area contributed by atoms with Crippen LogP contribution in [0.1, 0.15) is 25.3 Å². The number of hydrogen-bond donors (Lipinski definition) is 3. The van der Waals surface area contributed by atoms with Crippen LogP contribution < -0.4 is 11.1 Å². The highest BCUT2D eigenvalue weighted by Crippen LogP contribution is 2.41. The molecule has 3 rings (SSSR count). The van der Waals surface area contributed by atoms with Crippen molar-refractivity contribution in [1.29, 1.82) is 0 Å². The number of nitrogens with one attached hydrogen (secondary N) is 1. The maximum Gasteiger partial charge on any atom is 0.336 e. The van der Waals surface area contributed by atoms with Gasteiger partial charge >= 0.3 is 11.9 Å². The Hall–Kier alpha value is -2.93. The normalized spacial score (nSPS) is 14.9. The fourth-order valence-corrected chi connectivity index (χ4v) is 4.46. The van der Waals surface area contributed by atoms with Gasteiger partial charge in [-0.15, -0.1) is 12.4 Å². The first kappa shape index (κ1) is 34.1. The molecule has 0 saturated heterocycles. The van der Waals surface area contributed by atoms with Crippen molar-refractivity contribution in [2.75, 3.05) is 33.5 Å². The molecule has 1 atom stereocenters. The molecule has 0 aromatic heterocycles. The fraction of sp³-hybridized carbons (Fsp3) is 0.308. The third kappa shape index (κ3) is 9.34. The molecule has 0 bridgehead atoms. The summed E-state index contributed by atoms with van der Waals surface area (Å²) in [6.07, 6.45) is 0. The predicted molar refractivity (Wildman–Crippen MR) is 149 cm³/mol. The molecule has 4 N–H and O–H groups in total. The Morgan fingerprint density at radius 2 is 1.67 bits per heavy atom. The lowest BCUT2D eigenvalue weighted by molar-refractivity contribution is -0.139. The summed E-state index contributed by atoms with van der Waals surface area (Å²) in [5, 5.41) is 3.52. The van der Waals surface area contributed by atoms with Crippen molar-refractivity contribution in [1.82, 2.24) is 5.32 Å². The molecular formula is C26H32Cl2N2O8S. The summed E-state index contributed by atoms with van der Waals surface area (Å²) in [7, 11) is -2.71. The van der Waals surface area contributed by atoms with Gasteiger partial charge in [0.1, 0.15) is 0 Å². The van der Waals surface area contributed by atoms with Gasteiger partial charge in [0.25, 0.3) is 10.1 Å². The third-order valence-electron chi connectivity index (χ3n) is 5.31. The summed E-state index contributed by atoms with van der Waals surface area (Å²) in [6, 6.07) is 14.5. The van der Waals surface area contributed by atoms with Crippen LogP contribution >= 0.6 is 24.0 Å². The number of ether oxygens (including phenoxy) is 3. The Labute approximate surface area is 239 Å². The minimum absolute atomic E-state index is 0. The van der Waals surface area contributed by atoms with Crippen molar-refractivity contribution in [2.45, 2.75) is 24.7 Å². The average Bonchev–Trinajstić information content (AvgIpc) is 2.89. The topological polar surface area (TPSA) is 154 Å². The quantitative estimate of drug-likeness (QED) is 0.220. The smallest absolute Gasteiger partial charge is 0.336 e. The Kier molecular flexibility index (Phi) is 14.2. The molecular weight excluding hydrogens is 571 g/mol. The van der Waals surface area contributed by atoms with Gasteiger partial charge in [0.05, 0.1) is 54.6 Å². The van der Waals surface area contributed by atoms with Gasteiger partial charge in [0.15, 0.2) is 0 Å². The molecule has 2 aromatic carbocycles. The fourth-order valence-electron chi connectivity index (χ4n) is 3.71. The van der Waals surface area contributed by atoms with Gasteiger partial charge in [0.2, 0.25) is 0 Å². The van der Waals surface area contributed by atoms with Gasteiger partial charge in [-0.1, -0.05) is 48.0 Å².